The first-order chi connectivity index (χ1) is 15.2. The number of benzene rings is 3. The first-order valence-electron chi connectivity index (χ1n) is 9.39. The van der Waals surface area contributed by atoms with Crippen LogP contribution in [0.5, 0.6) is 11.5 Å². The molecule has 0 heterocycles. The van der Waals surface area contributed by atoms with Crippen molar-refractivity contribution in [1.29, 1.82) is 0 Å². The van der Waals surface area contributed by atoms with Gasteiger partial charge in [0.15, 0.2) is 0 Å². The number of aromatic hydroxyl groups is 2. The largest absolute Gasteiger partial charge is 0.507 e. The Balaban J connectivity index is 1.83. The van der Waals surface area contributed by atoms with Crippen molar-refractivity contribution in [2.24, 2.45) is 0 Å². The molecule has 3 aromatic carbocycles. The molecule has 3 rings (SSSR count). The van der Waals surface area contributed by atoms with Crippen LogP contribution in [0.2, 0.25) is 0 Å². The molecular weight excluding hydrogens is 505 g/mol. The predicted molar refractivity (Wildman–Crippen MR) is 121 cm³/mol. The molecule has 0 radical (unpaired) electrons. The van der Waals surface area contributed by atoms with E-state index in [2.05, 4.69) is 20.7 Å². The molecule has 0 bridgehead atoms. The number of halogens is 2. The molecule has 0 aromatic heterocycles. The molecule has 7 nitrogen and oxygen atoms in total. The highest BCUT2D eigenvalue weighted by molar-refractivity contribution is 9.09. The maximum Gasteiger partial charge on any atom is 0.341 e. The summed E-state index contributed by atoms with van der Waals surface area (Å²) in [6, 6.07) is 12.7. The van der Waals surface area contributed by atoms with E-state index in [-0.39, 0.29) is 34.1 Å². The average Bonchev–Trinajstić information content (AvgIpc) is 2.75. The monoisotopic (exact) mass is 523 g/mol. The van der Waals surface area contributed by atoms with E-state index in [0.717, 1.165) is 18.2 Å². The zero-order valence-electron chi connectivity index (χ0n) is 16.6. The highest BCUT2D eigenvalue weighted by Gasteiger charge is 2.19. The second kappa shape index (κ2) is 10.0. The van der Waals surface area contributed by atoms with Gasteiger partial charge in [-0.2, -0.15) is 0 Å². The number of phenolic OH excluding ortho intramolecular Hbond substituents is 2. The van der Waals surface area contributed by atoms with Crippen molar-refractivity contribution in [1.82, 2.24) is 0 Å². The number of ether oxygens (including phenoxy) is 1. The number of esters is 1. The van der Waals surface area contributed by atoms with Crippen molar-refractivity contribution in [2.45, 2.75) is 11.3 Å². The number of alkyl halides is 1. The Morgan fingerprint density at radius 1 is 1.03 bits per heavy atom. The average molecular weight is 524 g/mol. The zero-order chi connectivity index (χ0) is 23.3. The van der Waals surface area contributed by atoms with Crippen LogP contribution in [0.4, 0.5) is 10.1 Å². The summed E-state index contributed by atoms with van der Waals surface area (Å²) in [5.41, 5.74) is 0.376. The van der Waals surface area contributed by atoms with Gasteiger partial charge in [-0.05, 0) is 54.4 Å². The third-order valence-corrected chi connectivity index (χ3v) is 6.33. The van der Waals surface area contributed by atoms with E-state index in [1.54, 1.807) is 0 Å². The van der Waals surface area contributed by atoms with E-state index in [0.29, 0.717) is 17.3 Å². The number of nitrogens with one attached hydrogen (secondary N) is 1. The van der Waals surface area contributed by atoms with Gasteiger partial charge in [0.25, 0.3) is 10.0 Å². The van der Waals surface area contributed by atoms with Crippen LogP contribution in [-0.4, -0.2) is 36.5 Å². The molecule has 168 valence electrons. The molecule has 0 saturated carbocycles. The summed E-state index contributed by atoms with van der Waals surface area (Å²) in [6.07, 6.45) is 0.608. The summed E-state index contributed by atoms with van der Waals surface area (Å²) < 4.78 is 46.5. The van der Waals surface area contributed by atoms with Gasteiger partial charge in [-0.3, -0.25) is 4.72 Å². The lowest BCUT2D eigenvalue weighted by Gasteiger charge is -2.12. The fourth-order valence-corrected chi connectivity index (χ4v) is 4.17. The number of carbonyl (C=O) groups is 1. The molecule has 32 heavy (non-hydrogen) atoms. The Labute approximate surface area is 192 Å². The molecule has 0 fully saturated rings. The van der Waals surface area contributed by atoms with Crippen LogP contribution in [0, 0.1) is 5.82 Å². The maximum absolute atomic E-state index is 13.6. The number of rotatable bonds is 8. The second-order valence-corrected chi connectivity index (χ2v) is 9.18. The number of phenols is 2. The van der Waals surface area contributed by atoms with Crippen molar-refractivity contribution in [3.8, 4) is 22.6 Å². The smallest absolute Gasteiger partial charge is 0.341 e. The zero-order valence-corrected chi connectivity index (χ0v) is 19.0. The number of carbonyl (C=O) groups excluding carboxylic acids is 1. The number of anilines is 1. The van der Waals surface area contributed by atoms with E-state index in [1.165, 1.54) is 42.5 Å². The minimum atomic E-state index is -4.09. The number of sulfonamides is 1. The van der Waals surface area contributed by atoms with Crippen molar-refractivity contribution < 1.29 is 32.6 Å². The molecule has 0 aliphatic carbocycles. The van der Waals surface area contributed by atoms with E-state index < -0.39 is 27.6 Å². The Hall–Kier alpha value is -3.11. The van der Waals surface area contributed by atoms with Gasteiger partial charge in [0.1, 0.15) is 22.9 Å². The van der Waals surface area contributed by atoms with E-state index in [1.807, 2.05) is 0 Å². The van der Waals surface area contributed by atoms with Crippen LogP contribution < -0.4 is 4.72 Å². The van der Waals surface area contributed by atoms with Gasteiger partial charge >= 0.3 is 5.97 Å². The minimum absolute atomic E-state index is 0.0264. The van der Waals surface area contributed by atoms with Crippen molar-refractivity contribution in [3.05, 3.63) is 72.0 Å². The van der Waals surface area contributed by atoms with Crippen molar-refractivity contribution in [3.63, 3.8) is 0 Å². The third-order valence-electron chi connectivity index (χ3n) is 4.39. The lowest BCUT2D eigenvalue weighted by Crippen LogP contribution is -2.13. The molecule has 0 unspecified atom stereocenters. The Bertz CT molecular complexity index is 1250. The van der Waals surface area contributed by atoms with E-state index >= 15 is 0 Å². The first-order valence-corrected chi connectivity index (χ1v) is 12.0. The molecule has 0 saturated heterocycles. The lowest BCUT2D eigenvalue weighted by atomic mass is 10.0. The molecule has 0 aliphatic heterocycles. The fraction of sp³-hybridized carbons (Fsp3) is 0.136. The topological polar surface area (TPSA) is 113 Å². The van der Waals surface area contributed by atoms with E-state index in [9.17, 15) is 27.8 Å². The molecule has 3 aromatic rings. The van der Waals surface area contributed by atoms with Gasteiger partial charge in [-0.15, -0.1) is 0 Å². The van der Waals surface area contributed by atoms with Crippen LogP contribution in [0.25, 0.3) is 11.1 Å². The van der Waals surface area contributed by atoms with Crippen LogP contribution >= 0.6 is 15.9 Å². The summed E-state index contributed by atoms with van der Waals surface area (Å²) >= 11 is 3.22. The normalized spacial score (nSPS) is 11.2. The molecule has 0 aliphatic rings. The predicted octanol–water partition coefficient (Wildman–Crippen LogP) is 4.65. The van der Waals surface area contributed by atoms with Crippen molar-refractivity contribution >= 4 is 37.6 Å². The van der Waals surface area contributed by atoms with Gasteiger partial charge < -0.3 is 14.9 Å². The standard InChI is InChI=1S/C22H19BrFNO6S/c23-9-2-10-31-22(28)18-7-6-16(13-21(18)27)25-32(29,30)17-4-1-3-14(11-17)19-12-15(24)5-8-20(19)26/h1,3-8,11-13,25-27H,2,9-10H2. The lowest BCUT2D eigenvalue weighted by molar-refractivity contribution is 0.0503. The first kappa shape index (κ1) is 23.6. The van der Waals surface area contributed by atoms with Crippen LogP contribution in [0.1, 0.15) is 16.8 Å². The second-order valence-electron chi connectivity index (χ2n) is 6.71. The maximum atomic E-state index is 13.6. The number of hydrogen-bond donors (Lipinski definition) is 3. The van der Waals surface area contributed by atoms with Gasteiger partial charge in [0.05, 0.1) is 17.2 Å². The summed E-state index contributed by atoms with van der Waals surface area (Å²) in [5, 5.41) is 20.8. The van der Waals surface area contributed by atoms with Crippen LogP contribution in [0.3, 0.4) is 0 Å². The molecule has 3 N–H and O–H groups in total. The summed E-state index contributed by atoms with van der Waals surface area (Å²) in [4.78, 5) is 11.9. The van der Waals surface area contributed by atoms with Crippen LogP contribution in [-0.2, 0) is 14.8 Å². The summed E-state index contributed by atoms with van der Waals surface area (Å²) in [5.74, 6) is -1.93. The van der Waals surface area contributed by atoms with Crippen LogP contribution in [0.15, 0.2) is 65.6 Å². The molecule has 0 atom stereocenters. The summed E-state index contributed by atoms with van der Waals surface area (Å²) in [7, 11) is -4.09. The minimum Gasteiger partial charge on any atom is -0.507 e. The highest BCUT2D eigenvalue weighted by Crippen LogP contribution is 2.32. The Morgan fingerprint density at radius 2 is 1.81 bits per heavy atom. The molecule has 10 heteroatoms. The number of hydrogen-bond acceptors (Lipinski definition) is 6. The van der Waals surface area contributed by atoms with Crippen molar-refractivity contribution in [2.75, 3.05) is 16.7 Å². The SMILES string of the molecule is O=C(OCCCBr)c1ccc(NS(=O)(=O)c2cccc(-c3cc(F)ccc3O)c2)cc1O. The van der Waals surface area contributed by atoms with Gasteiger partial charge in [-0.1, -0.05) is 28.1 Å². The van der Waals surface area contributed by atoms with E-state index in [4.69, 9.17) is 4.74 Å². The quantitative estimate of drug-likeness (QED) is 0.225. The molecule has 0 amide bonds. The Morgan fingerprint density at radius 3 is 2.53 bits per heavy atom. The molecule has 0 spiro atoms. The van der Waals surface area contributed by atoms with Gasteiger partial charge in [0.2, 0.25) is 0 Å². The van der Waals surface area contributed by atoms with Gasteiger partial charge in [0, 0.05) is 17.0 Å². The molecular formula is C22H19BrFNO6S. The summed E-state index contributed by atoms with van der Waals surface area (Å²) in [6.45, 7) is 0.176. The Kier molecular flexibility index (Phi) is 7.37. The van der Waals surface area contributed by atoms with Gasteiger partial charge in [-0.25, -0.2) is 17.6 Å². The third kappa shape index (κ3) is 5.57. The fourth-order valence-electron chi connectivity index (χ4n) is 2.85. The highest BCUT2D eigenvalue weighted by atomic mass is 79.9.